The van der Waals surface area contributed by atoms with Gasteiger partial charge >= 0.3 is 6.03 Å². The number of aliphatic hydroxyl groups is 1. The predicted molar refractivity (Wildman–Crippen MR) is 77.7 cm³/mol. The molecule has 0 aliphatic rings. The Labute approximate surface area is 122 Å². The van der Waals surface area contributed by atoms with Crippen molar-refractivity contribution in [1.29, 1.82) is 0 Å². The van der Waals surface area contributed by atoms with E-state index in [1.54, 1.807) is 31.2 Å². The van der Waals surface area contributed by atoms with Gasteiger partial charge < -0.3 is 20.2 Å². The number of hydrogen-bond acceptors (Lipinski definition) is 5. The molecule has 0 aliphatic heterocycles. The quantitative estimate of drug-likeness (QED) is 0.782. The molecule has 0 saturated heterocycles. The Morgan fingerprint density at radius 1 is 1.48 bits per heavy atom. The Morgan fingerprint density at radius 2 is 2.29 bits per heavy atom. The molecule has 7 heteroatoms. The lowest BCUT2D eigenvalue weighted by Gasteiger charge is -2.21. The maximum atomic E-state index is 11.8. The molecule has 1 atom stereocenters. The van der Waals surface area contributed by atoms with E-state index in [2.05, 4.69) is 20.8 Å². The van der Waals surface area contributed by atoms with E-state index >= 15 is 0 Å². The first-order valence-electron chi connectivity index (χ1n) is 6.64. The van der Waals surface area contributed by atoms with Gasteiger partial charge in [0.1, 0.15) is 0 Å². The number of benzene rings is 1. The minimum Gasteiger partial charge on any atom is -0.423 e. The zero-order valence-corrected chi connectivity index (χ0v) is 12.0. The van der Waals surface area contributed by atoms with Gasteiger partial charge in [0.2, 0.25) is 12.3 Å². The van der Waals surface area contributed by atoms with Crippen LogP contribution >= 0.6 is 0 Å². The van der Waals surface area contributed by atoms with Crippen LogP contribution in [0.2, 0.25) is 0 Å². The lowest BCUT2D eigenvalue weighted by atomic mass is 10.0. The van der Waals surface area contributed by atoms with Gasteiger partial charge in [-0.1, -0.05) is 13.0 Å². The summed E-state index contributed by atoms with van der Waals surface area (Å²) in [6.07, 6.45) is 1.80. The van der Waals surface area contributed by atoms with Gasteiger partial charge in [0, 0.05) is 17.8 Å². The number of urea groups is 1. The van der Waals surface area contributed by atoms with Crippen LogP contribution in [0.3, 0.4) is 0 Å². The third-order valence-electron chi connectivity index (χ3n) is 3.12. The van der Waals surface area contributed by atoms with Crippen LogP contribution < -0.4 is 10.6 Å². The molecule has 112 valence electrons. The normalized spacial score (nSPS) is 13.5. The van der Waals surface area contributed by atoms with E-state index in [-0.39, 0.29) is 12.6 Å². The number of rotatable bonds is 5. The lowest BCUT2D eigenvalue weighted by Crippen LogP contribution is -2.41. The van der Waals surface area contributed by atoms with Crippen molar-refractivity contribution in [3.05, 3.63) is 30.7 Å². The average Bonchev–Trinajstić information content (AvgIpc) is 3.00. The number of carbonyl (C=O) groups is 1. The van der Waals surface area contributed by atoms with Crippen molar-refractivity contribution >= 4 is 11.7 Å². The number of aromatic nitrogens is 2. The second-order valence-electron chi connectivity index (χ2n) is 4.98. The largest absolute Gasteiger partial charge is 0.423 e. The van der Waals surface area contributed by atoms with Crippen LogP contribution in [0.4, 0.5) is 10.5 Å². The molecule has 0 bridgehead atoms. The van der Waals surface area contributed by atoms with Gasteiger partial charge in [0.15, 0.2) is 0 Å². The topological polar surface area (TPSA) is 100 Å². The Balaban J connectivity index is 1.97. The van der Waals surface area contributed by atoms with E-state index < -0.39 is 5.60 Å². The molecular formula is C14H18N4O3. The summed E-state index contributed by atoms with van der Waals surface area (Å²) in [6, 6.07) is 6.67. The van der Waals surface area contributed by atoms with Crippen LogP contribution in [0, 0.1) is 0 Å². The first kappa shape index (κ1) is 15.0. The summed E-state index contributed by atoms with van der Waals surface area (Å²) >= 11 is 0. The molecule has 0 fully saturated rings. The second kappa shape index (κ2) is 6.36. The summed E-state index contributed by atoms with van der Waals surface area (Å²) in [5.41, 5.74) is 0.397. The van der Waals surface area contributed by atoms with E-state index in [9.17, 15) is 9.90 Å². The van der Waals surface area contributed by atoms with Gasteiger partial charge in [0.25, 0.3) is 0 Å². The fourth-order valence-corrected chi connectivity index (χ4v) is 1.60. The summed E-state index contributed by atoms with van der Waals surface area (Å²) in [6.45, 7) is 3.70. The smallest absolute Gasteiger partial charge is 0.319 e. The van der Waals surface area contributed by atoms with Crippen molar-refractivity contribution in [2.45, 2.75) is 25.9 Å². The molecule has 2 amide bonds. The number of nitrogens with zero attached hydrogens (tertiary/aromatic N) is 2. The maximum absolute atomic E-state index is 11.8. The Kier molecular flexibility index (Phi) is 4.54. The number of hydrogen-bond donors (Lipinski definition) is 3. The van der Waals surface area contributed by atoms with Crippen LogP contribution in [-0.4, -0.2) is 33.5 Å². The van der Waals surface area contributed by atoms with Gasteiger partial charge in [0.05, 0.1) is 5.60 Å². The highest BCUT2D eigenvalue weighted by Crippen LogP contribution is 2.20. The number of nitrogens with one attached hydrogen (secondary N) is 2. The molecule has 3 N–H and O–H groups in total. The number of anilines is 1. The highest BCUT2D eigenvalue weighted by atomic mass is 16.4. The van der Waals surface area contributed by atoms with Gasteiger partial charge in [-0.05, 0) is 31.5 Å². The molecule has 0 spiro atoms. The summed E-state index contributed by atoms with van der Waals surface area (Å²) in [7, 11) is 0. The van der Waals surface area contributed by atoms with Crippen molar-refractivity contribution in [3.8, 4) is 11.5 Å². The first-order chi connectivity index (χ1) is 10.00. The van der Waals surface area contributed by atoms with Crippen molar-refractivity contribution in [3.63, 3.8) is 0 Å². The standard InChI is InChI=1S/C14H18N4O3/c1-3-14(2,20)8-15-13(19)17-11-6-4-5-10(7-11)12-18-16-9-21-12/h4-7,9,20H,3,8H2,1-2H3,(H2,15,17,19)/t14-/m0/s1. The van der Waals surface area contributed by atoms with Crippen LogP contribution in [0.25, 0.3) is 11.5 Å². The molecule has 1 heterocycles. The monoisotopic (exact) mass is 290 g/mol. The van der Waals surface area contributed by atoms with Gasteiger partial charge in [-0.3, -0.25) is 0 Å². The maximum Gasteiger partial charge on any atom is 0.319 e. The van der Waals surface area contributed by atoms with E-state index in [0.29, 0.717) is 23.6 Å². The second-order valence-corrected chi connectivity index (χ2v) is 4.98. The van der Waals surface area contributed by atoms with Crippen LogP contribution in [0.1, 0.15) is 20.3 Å². The third kappa shape index (κ3) is 4.28. The van der Waals surface area contributed by atoms with E-state index in [1.165, 1.54) is 6.39 Å². The Morgan fingerprint density at radius 3 is 2.95 bits per heavy atom. The van der Waals surface area contributed by atoms with Crippen molar-refractivity contribution < 1.29 is 14.3 Å². The summed E-state index contributed by atoms with van der Waals surface area (Å²) in [5, 5.41) is 22.6. The molecule has 0 aliphatic carbocycles. The zero-order valence-electron chi connectivity index (χ0n) is 12.0. The fraction of sp³-hybridized carbons (Fsp3) is 0.357. The Bertz CT molecular complexity index is 596. The zero-order chi connectivity index (χ0) is 15.3. The molecule has 21 heavy (non-hydrogen) atoms. The van der Waals surface area contributed by atoms with Crippen molar-refractivity contribution in [2.75, 3.05) is 11.9 Å². The molecule has 0 unspecified atom stereocenters. The molecule has 7 nitrogen and oxygen atoms in total. The molecule has 0 radical (unpaired) electrons. The molecule has 2 rings (SSSR count). The average molecular weight is 290 g/mol. The first-order valence-corrected chi connectivity index (χ1v) is 6.64. The third-order valence-corrected chi connectivity index (χ3v) is 3.12. The lowest BCUT2D eigenvalue weighted by molar-refractivity contribution is 0.0587. The van der Waals surface area contributed by atoms with Crippen LogP contribution in [-0.2, 0) is 0 Å². The minimum atomic E-state index is -0.914. The van der Waals surface area contributed by atoms with Crippen LogP contribution in [0.15, 0.2) is 35.1 Å². The van der Waals surface area contributed by atoms with E-state index in [0.717, 1.165) is 0 Å². The molecule has 2 aromatic rings. The molecule has 0 saturated carbocycles. The highest BCUT2D eigenvalue weighted by Gasteiger charge is 2.18. The fourth-order valence-electron chi connectivity index (χ4n) is 1.60. The molecule has 1 aromatic heterocycles. The minimum absolute atomic E-state index is 0.179. The van der Waals surface area contributed by atoms with Gasteiger partial charge in [-0.25, -0.2) is 4.79 Å². The highest BCUT2D eigenvalue weighted by molar-refractivity contribution is 5.89. The predicted octanol–water partition coefficient (Wildman–Crippen LogP) is 2.02. The van der Waals surface area contributed by atoms with Gasteiger partial charge in [-0.15, -0.1) is 10.2 Å². The van der Waals surface area contributed by atoms with E-state index in [4.69, 9.17) is 4.42 Å². The van der Waals surface area contributed by atoms with Crippen LogP contribution in [0.5, 0.6) is 0 Å². The Hall–Kier alpha value is -2.41. The summed E-state index contributed by atoms with van der Waals surface area (Å²) < 4.78 is 5.10. The SMILES string of the molecule is CC[C@](C)(O)CNC(=O)Nc1cccc(-c2nnco2)c1. The van der Waals surface area contributed by atoms with Crippen molar-refractivity contribution in [1.82, 2.24) is 15.5 Å². The number of amides is 2. The van der Waals surface area contributed by atoms with Crippen molar-refractivity contribution in [2.24, 2.45) is 0 Å². The summed E-state index contributed by atoms with van der Waals surface area (Å²) in [4.78, 5) is 11.8. The van der Waals surface area contributed by atoms with Gasteiger partial charge in [-0.2, -0.15) is 0 Å². The van der Waals surface area contributed by atoms with E-state index in [1.807, 2.05) is 6.92 Å². The summed E-state index contributed by atoms with van der Waals surface area (Å²) in [5.74, 6) is 0.382. The molecule has 1 aromatic carbocycles. The molecular weight excluding hydrogens is 272 g/mol. The number of carbonyl (C=O) groups excluding carboxylic acids is 1.